The average molecular weight is 475 g/mol. The van der Waals surface area contributed by atoms with Crippen LogP contribution in [0.3, 0.4) is 0 Å². The molecule has 4 rings (SSSR count). The Hall–Kier alpha value is -2.49. The van der Waals surface area contributed by atoms with Crippen molar-refractivity contribution in [3.8, 4) is 0 Å². The van der Waals surface area contributed by atoms with Gasteiger partial charge in [0, 0.05) is 19.1 Å². The molecule has 0 radical (unpaired) electrons. The van der Waals surface area contributed by atoms with Gasteiger partial charge in [0.15, 0.2) is 5.16 Å². The number of nitrogens with zero attached hydrogens (tertiary/aromatic N) is 4. The molecule has 1 saturated heterocycles. The number of amides is 3. The summed E-state index contributed by atoms with van der Waals surface area (Å²) in [5.41, 5.74) is 0. The standard InChI is InChI=1S/C23H34N6O3S/c1-16-11-17(2)13-28(12-16)22-26-27-23(29(22)14-19-9-6-10-32-19)33-15-20(30)25-21(31)24-18-7-4-3-5-8-18/h6,9-10,16-18H,3-5,7-8,11-15H2,1-2H3,(H2,24,25,30,31). The highest BCUT2D eigenvalue weighted by atomic mass is 32.2. The molecule has 0 bridgehead atoms. The predicted octanol–water partition coefficient (Wildman–Crippen LogP) is 3.65. The summed E-state index contributed by atoms with van der Waals surface area (Å²) >= 11 is 1.28. The first-order valence-corrected chi connectivity index (χ1v) is 12.9. The average Bonchev–Trinajstić information content (AvgIpc) is 3.42. The fourth-order valence-corrected chi connectivity index (χ4v) is 5.64. The summed E-state index contributed by atoms with van der Waals surface area (Å²) in [5, 5.41) is 14.8. The molecule has 2 fully saturated rings. The molecule has 2 unspecified atom stereocenters. The predicted molar refractivity (Wildman–Crippen MR) is 127 cm³/mol. The molecule has 2 N–H and O–H groups in total. The molecule has 2 aliphatic rings. The monoisotopic (exact) mass is 474 g/mol. The van der Waals surface area contributed by atoms with E-state index in [9.17, 15) is 9.59 Å². The molecule has 10 heteroatoms. The minimum Gasteiger partial charge on any atom is -0.467 e. The molecule has 1 aliphatic carbocycles. The van der Waals surface area contributed by atoms with E-state index in [4.69, 9.17) is 4.42 Å². The minimum atomic E-state index is -0.415. The number of urea groups is 1. The van der Waals surface area contributed by atoms with Crippen molar-refractivity contribution in [2.45, 2.75) is 70.1 Å². The van der Waals surface area contributed by atoms with Crippen LogP contribution in [0.15, 0.2) is 28.0 Å². The van der Waals surface area contributed by atoms with E-state index >= 15 is 0 Å². The van der Waals surface area contributed by atoms with Crippen molar-refractivity contribution in [2.75, 3.05) is 23.7 Å². The molecule has 1 aliphatic heterocycles. The summed E-state index contributed by atoms with van der Waals surface area (Å²) in [5.74, 6) is 2.48. The second-order valence-corrected chi connectivity index (χ2v) is 10.4. The fraction of sp³-hybridized carbons (Fsp3) is 0.652. The zero-order valence-corrected chi connectivity index (χ0v) is 20.3. The second kappa shape index (κ2) is 11.1. The van der Waals surface area contributed by atoms with Gasteiger partial charge in [0.05, 0.1) is 18.6 Å². The molecule has 0 spiro atoms. The summed E-state index contributed by atoms with van der Waals surface area (Å²) in [7, 11) is 0. The first-order valence-electron chi connectivity index (χ1n) is 11.9. The van der Waals surface area contributed by atoms with Crippen LogP contribution in [0.5, 0.6) is 0 Å². The van der Waals surface area contributed by atoms with Crippen LogP contribution < -0.4 is 15.5 Å². The van der Waals surface area contributed by atoms with E-state index in [0.29, 0.717) is 23.5 Å². The topological polar surface area (TPSA) is 105 Å². The van der Waals surface area contributed by atoms with E-state index in [2.05, 4.69) is 39.6 Å². The molecule has 0 aromatic carbocycles. The molecule has 180 valence electrons. The smallest absolute Gasteiger partial charge is 0.321 e. The number of anilines is 1. The zero-order valence-electron chi connectivity index (χ0n) is 19.5. The summed E-state index contributed by atoms with van der Waals surface area (Å²) in [4.78, 5) is 26.9. The van der Waals surface area contributed by atoms with Crippen LogP contribution in [0.4, 0.5) is 10.7 Å². The first-order chi connectivity index (χ1) is 16.0. The molecule has 1 saturated carbocycles. The molecule has 9 nitrogen and oxygen atoms in total. The highest BCUT2D eigenvalue weighted by Crippen LogP contribution is 2.29. The van der Waals surface area contributed by atoms with Gasteiger partial charge < -0.3 is 14.6 Å². The van der Waals surface area contributed by atoms with Gasteiger partial charge >= 0.3 is 6.03 Å². The first kappa shape index (κ1) is 23.7. The van der Waals surface area contributed by atoms with Crippen molar-refractivity contribution < 1.29 is 14.0 Å². The van der Waals surface area contributed by atoms with Gasteiger partial charge in [-0.05, 0) is 43.2 Å². The van der Waals surface area contributed by atoms with Crippen LogP contribution in [0.2, 0.25) is 0 Å². The molecule has 3 amide bonds. The highest BCUT2D eigenvalue weighted by molar-refractivity contribution is 7.99. The lowest BCUT2D eigenvalue weighted by atomic mass is 9.92. The van der Waals surface area contributed by atoms with Crippen LogP contribution >= 0.6 is 11.8 Å². The summed E-state index contributed by atoms with van der Waals surface area (Å²) < 4.78 is 7.56. The van der Waals surface area contributed by atoms with Crippen LogP contribution in [0.1, 0.15) is 58.1 Å². The van der Waals surface area contributed by atoms with Gasteiger partial charge in [-0.1, -0.05) is 44.9 Å². The fourth-order valence-electron chi connectivity index (χ4n) is 4.91. The van der Waals surface area contributed by atoms with E-state index in [1.165, 1.54) is 24.6 Å². The van der Waals surface area contributed by atoms with Crippen LogP contribution in [-0.4, -0.2) is 51.6 Å². The molecular formula is C23H34N6O3S. The number of aromatic nitrogens is 3. The van der Waals surface area contributed by atoms with Gasteiger partial charge in [0.2, 0.25) is 11.9 Å². The number of carbonyl (C=O) groups is 2. The lowest BCUT2D eigenvalue weighted by Gasteiger charge is -2.35. The van der Waals surface area contributed by atoms with Crippen molar-refractivity contribution in [1.82, 2.24) is 25.4 Å². The Labute approximate surface area is 199 Å². The van der Waals surface area contributed by atoms with Crippen molar-refractivity contribution in [3.05, 3.63) is 24.2 Å². The Balaban J connectivity index is 1.39. The zero-order chi connectivity index (χ0) is 23.2. The van der Waals surface area contributed by atoms with E-state index < -0.39 is 6.03 Å². The van der Waals surface area contributed by atoms with Crippen molar-refractivity contribution in [2.24, 2.45) is 11.8 Å². The van der Waals surface area contributed by atoms with Crippen molar-refractivity contribution in [3.63, 3.8) is 0 Å². The SMILES string of the molecule is CC1CC(C)CN(c2nnc(SCC(=O)NC(=O)NC3CCCCC3)n2Cc2ccco2)C1. The Morgan fingerprint density at radius 1 is 1.15 bits per heavy atom. The molecule has 3 heterocycles. The molecule has 2 atom stereocenters. The van der Waals surface area contributed by atoms with Crippen LogP contribution in [0, 0.1) is 11.8 Å². The minimum absolute atomic E-state index is 0.0845. The number of furan rings is 1. The van der Waals surface area contributed by atoms with E-state index in [-0.39, 0.29) is 17.7 Å². The number of piperidine rings is 1. The molecule has 2 aromatic heterocycles. The van der Waals surface area contributed by atoms with Crippen molar-refractivity contribution in [1.29, 1.82) is 0 Å². The number of hydrogen-bond acceptors (Lipinski definition) is 7. The molecule has 33 heavy (non-hydrogen) atoms. The normalized spacial score (nSPS) is 21.7. The number of thioether (sulfide) groups is 1. The maximum Gasteiger partial charge on any atom is 0.321 e. The second-order valence-electron chi connectivity index (χ2n) is 9.44. The van der Waals surface area contributed by atoms with E-state index in [0.717, 1.165) is 50.5 Å². The van der Waals surface area contributed by atoms with E-state index in [1.54, 1.807) is 6.26 Å². The number of rotatable bonds is 7. The van der Waals surface area contributed by atoms with Gasteiger partial charge in [0.25, 0.3) is 0 Å². The Morgan fingerprint density at radius 3 is 2.61 bits per heavy atom. The number of carbonyl (C=O) groups excluding carboxylic acids is 2. The third-order valence-electron chi connectivity index (χ3n) is 6.27. The summed E-state index contributed by atoms with van der Waals surface area (Å²) in [6.07, 6.45) is 8.26. The van der Waals surface area contributed by atoms with E-state index in [1.807, 2.05) is 16.7 Å². The highest BCUT2D eigenvalue weighted by Gasteiger charge is 2.27. The lowest BCUT2D eigenvalue weighted by molar-refractivity contribution is -0.117. The Morgan fingerprint density at radius 2 is 1.91 bits per heavy atom. The van der Waals surface area contributed by atoms with Gasteiger partial charge in [0.1, 0.15) is 5.76 Å². The number of imide groups is 1. The van der Waals surface area contributed by atoms with Gasteiger partial charge in [-0.3, -0.25) is 14.7 Å². The maximum atomic E-state index is 12.4. The van der Waals surface area contributed by atoms with Crippen molar-refractivity contribution >= 4 is 29.6 Å². The third kappa shape index (κ3) is 6.52. The Kier molecular flexibility index (Phi) is 7.95. The molecule has 2 aromatic rings. The quantitative estimate of drug-likeness (QED) is 0.590. The largest absolute Gasteiger partial charge is 0.467 e. The van der Waals surface area contributed by atoms with Gasteiger partial charge in [-0.25, -0.2) is 4.79 Å². The maximum absolute atomic E-state index is 12.4. The van der Waals surface area contributed by atoms with Gasteiger partial charge in [-0.2, -0.15) is 0 Å². The van der Waals surface area contributed by atoms with Crippen LogP contribution in [0.25, 0.3) is 0 Å². The summed E-state index contributed by atoms with van der Waals surface area (Å²) in [6.45, 7) is 6.85. The lowest BCUT2D eigenvalue weighted by Crippen LogP contribution is -2.45. The number of nitrogens with one attached hydrogen (secondary N) is 2. The van der Waals surface area contributed by atoms with Gasteiger partial charge in [-0.15, -0.1) is 10.2 Å². The number of hydrogen-bond donors (Lipinski definition) is 2. The summed E-state index contributed by atoms with van der Waals surface area (Å²) in [6, 6.07) is 3.52. The molecular weight excluding hydrogens is 440 g/mol. The van der Waals surface area contributed by atoms with Crippen LogP contribution in [-0.2, 0) is 11.3 Å². The third-order valence-corrected chi connectivity index (χ3v) is 7.24. The Bertz CT molecular complexity index is 915.